The van der Waals surface area contributed by atoms with E-state index in [2.05, 4.69) is 43.2 Å². The van der Waals surface area contributed by atoms with Gasteiger partial charge in [-0.05, 0) is 49.6 Å². The van der Waals surface area contributed by atoms with E-state index >= 15 is 0 Å². The van der Waals surface area contributed by atoms with E-state index in [0.717, 1.165) is 5.56 Å². The first-order valence-electron chi connectivity index (χ1n) is 7.85. The number of carbonyl (C=O) groups excluding carboxylic acids is 1. The average molecular weight is 324 g/mol. The molecule has 0 saturated carbocycles. The second-order valence-corrected chi connectivity index (χ2v) is 5.89. The van der Waals surface area contributed by atoms with Crippen molar-refractivity contribution < 1.29 is 13.9 Å². The molecule has 0 spiro atoms. The molecule has 0 atom stereocenters. The maximum absolute atomic E-state index is 12.0. The number of fused-ring (bicyclic) bond motifs is 1. The van der Waals surface area contributed by atoms with Gasteiger partial charge in [-0.1, -0.05) is 29.8 Å². The quantitative estimate of drug-likeness (QED) is 0.781. The number of hydrogen-bond acceptors (Lipinski definition) is 4. The highest BCUT2D eigenvalue weighted by Crippen LogP contribution is 2.19. The second-order valence-electron chi connectivity index (χ2n) is 5.89. The molecule has 1 aromatic heterocycles. The SMILES string of the molecule is Cc1cc(C)c(CNC(=O)COc2nc3ccccc3o2)c(C)c1. The molecule has 0 unspecified atom stereocenters. The summed E-state index contributed by atoms with van der Waals surface area (Å²) >= 11 is 0. The number of aryl methyl sites for hydroxylation is 3. The molecule has 0 aliphatic heterocycles. The monoisotopic (exact) mass is 324 g/mol. The van der Waals surface area contributed by atoms with Gasteiger partial charge in [-0.3, -0.25) is 4.79 Å². The maximum Gasteiger partial charge on any atom is 0.395 e. The van der Waals surface area contributed by atoms with Crippen molar-refractivity contribution in [3.05, 3.63) is 58.7 Å². The lowest BCUT2D eigenvalue weighted by molar-refractivity contribution is -0.123. The summed E-state index contributed by atoms with van der Waals surface area (Å²) in [5.74, 6) is -0.211. The second kappa shape index (κ2) is 6.74. The number of oxazole rings is 1. The zero-order valence-corrected chi connectivity index (χ0v) is 14.1. The van der Waals surface area contributed by atoms with E-state index in [1.54, 1.807) is 6.07 Å². The number of nitrogens with one attached hydrogen (secondary N) is 1. The molecule has 0 fully saturated rings. The van der Waals surface area contributed by atoms with Gasteiger partial charge in [0.25, 0.3) is 5.91 Å². The lowest BCUT2D eigenvalue weighted by atomic mass is 10.00. The highest BCUT2D eigenvalue weighted by atomic mass is 16.6. The summed E-state index contributed by atoms with van der Waals surface area (Å²) in [4.78, 5) is 16.2. The van der Waals surface area contributed by atoms with Gasteiger partial charge in [0.1, 0.15) is 5.52 Å². The fraction of sp³-hybridized carbons (Fsp3) is 0.263. The summed E-state index contributed by atoms with van der Waals surface area (Å²) in [7, 11) is 0. The molecule has 1 amide bonds. The van der Waals surface area contributed by atoms with Crippen molar-refractivity contribution in [3.8, 4) is 6.08 Å². The summed E-state index contributed by atoms with van der Waals surface area (Å²) in [6.45, 7) is 6.52. The number of para-hydroxylation sites is 2. The van der Waals surface area contributed by atoms with Gasteiger partial charge in [0.15, 0.2) is 12.2 Å². The molecule has 0 saturated heterocycles. The molecule has 5 heteroatoms. The Hall–Kier alpha value is -2.82. The molecule has 0 aliphatic carbocycles. The zero-order chi connectivity index (χ0) is 17.1. The predicted molar refractivity (Wildman–Crippen MR) is 92.0 cm³/mol. The van der Waals surface area contributed by atoms with E-state index in [-0.39, 0.29) is 18.6 Å². The molecule has 124 valence electrons. The van der Waals surface area contributed by atoms with Gasteiger partial charge in [0.05, 0.1) is 0 Å². The van der Waals surface area contributed by atoms with Crippen LogP contribution in [0.4, 0.5) is 0 Å². The number of amides is 1. The molecule has 0 bridgehead atoms. The zero-order valence-electron chi connectivity index (χ0n) is 14.1. The van der Waals surface area contributed by atoms with Crippen LogP contribution in [0.1, 0.15) is 22.3 Å². The molecule has 1 N–H and O–H groups in total. The Labute approximate surface area is 140 Å². The lowest BCUT2D eigenvalue weighted by Crippen LogP contribution is -2.29. The van der Waals surface area contributed by atoms with Gasteiger partial charge in [0, 0.05) is 6.54 Å². The number of benzene rings is 2. The molecule has 3 rings (SSSR count). The first kappa shape index (κ1) is 16.1. The van der Waals surface area contributed by atoms with Crippen LogP contribution in [-0.4, -0.2) is 17.5 Å². The van der Waals surface area contributed by atoms with Crippen molar-refractivity contribution in [3.63, 3.8) is 0 Å². The number of aromatic nitrogens is 1. The number of nitrogens with zero attached hydrogens (tertiary/aromatic N) is 1. The van der Waals surface area contributed by atoms with E-state index in [4.69, 9.17) is 9.15 Å². The van der Waals surface area contributed by atoms with Gasteiger partial charge < -0.3 is 14.5 Å². The van der Waals surface area contributed by atoms with Gasteiger partial charge in [-0.2, -0.15) is 4.98 Å². The Kier molecular flexibility index (Phi) is 4.51. The minimum absolute atomic E-state index is 0.106. The Morgan fingerprint density at radius 1 is 1.17 bits per heavy atom. The first-order chi connectivity index (χ1) is 11.5. The third-order valence-electron chi connectivity index (χ3n) is 3.90. The van der Waals surface area contributed by atoms with E-state index in [0.29, 0.717) is 17.6 Å². The molecule has 24 heavy (non-hydrogen) atoms. The van der Waals surface area contributed by atoms with Gasteiger partial charge >= 0.3 is 6.08 Å². The fourth-order valence-corrected chi connectivity index (χ4v) is 2.77. The number of rotatable bonds is 5. The van der Waals surface area contributed by atoms with Crippen LogP contribution in [0.3, 0.4) is 0 Å². The Balaban J connectivity index is 1.56. The third-order valence-corrected chi connectivity index (χ3v) is 3.90. The highest BCUT2D eigenvalue weighted by molar-refractivity contribution is 5.77. The molecule has 3 aromatic rings. The van der Waals surface area contributed by atoms with Crippen molar-refractivity contribution in [2.24, 2.45) is 0 Å². The normalized spacial score (nSPS) is 10.8. The van der Waals surface area contributed by atoms with Gasteiger partial charge in [-0.25, -0.2) is 0 Å². The fourth-order valence-electron chi connectivity index (χ4n) is 2.77. The van der Waals surface area contributed by atoms with Crippen LogP contribution < -0.4 is 10.1 Å². The first-order valence-corrected chi connectivity index (χ1v) is 7.85. The predicted octanol–water partition coefficient (Wildman–Crippen LogP) is 3.45. The molecular formula is C19H20N2O3. The Morgan fingerprint density at radius 3 is 2.58 bits per heavy atom. The maximum atomic E-state index is 12.0. The third kappa shape index (κ3) is 3.56. The Bertz CT molecular complexity index is 827. The highest BCUT2D eigenvalue weighted by Gasteiger charge is 2.10. The summed E-state index contributed by atoms with van der Waals surface area (Å²) in [6.07, 6.45) is 0.106. The van der Waals surface area contributed by atoms with E-state index in [1.807, 2.05) is 18.2 Å². The van der Waals surface area contributed by atoms with Crippen molar-refractivity contribution >= 4 is 17.0 Å². The van der Waals surface area contributed by atoms with Crippen LogP contribution in [-0.2, 0) is 11.3 Å². The van der Waals surface area contributed by atoms with Crippen LogP contribution in [0.2, 0.25) is 0 Å². The van der Waals surface area contributed by atoms with Crippen molar-refractivity contribution in [1.29, 1.82) is 0 Å². The van der Waals surface area contributed by atoms with Crippen LogP contribution in [0.5, 0.6) is 6.08 Å². The molecule has 5 nitrogen and oxygen atoms in total. The summed E-state index contributed by atoms with van der Waals surface area (Å²) < 4.78 is 10.8. The minimum Gasteiger partial charge on any atom is -0.440 e. The van der Waals surface area contributed by atoms with Crippen molar-refractivity contribution in [1.82, 2.24) is 10.3 Å². The van der Waals surface area contributed by atoms with Crippen molar-refractivity contribution in [2.45, 2.75) is 27.3 Å². The van der Waals surface area contributed by atoms with Gasteiger partial charge in [0.2, 0.25) is 0 Å². The van der Waals surface area contributed by atoms with Crippen molar-refractivity contribution in [2.75, 3.05) is 6.61 Å². The standard InChI is InChI=1S/C19H20N2O3/c1-12-8-13(2)15(14(3)9-12)10-20-18(22)11-23-19-21-16-6-4-5-7-17(16)24-19/h4-9H,10-11H2,1-3H3,(H,20,22). The number of hydrogen-bond donors (Lipinski definition) is 1. The molecule has 2 aromatic carbocycles. The Morgan fingerprint density at radius 2 is 1.88 bits per heavy atom. The molecule has 1 heterocycles. The summed E-state index contributed by atoms with van der Waals surface area (Å²) in [6, 6.07) is 11.6. The topological polar surface area (TPSA) is 64.4 Å². The summed E-state index contributed by atoms with van der Waals surface area (Å²) in [5, 5.41) is 2.87. The van der Waals surface area contributed by atoms with Crippen LogP contribution >= 0.6 is 0 Å². The van der Waals surface area contributed by atoms with E-state index < -0.39 is 0 Å². The largest absolute Gasteiger partial charge is 0.440 e. The lowest BCUT2D eigenvalue weighted by Gasteiger charge is -2.12. The molecule has 0 aliphatic rings. The summed E-state index contributed by atoms with van der Waals surface area (Å²) in [5.41, 5.74) is 6.05. The smallest absolute Gasteiger partial charge is 0.395 e. The average Bonchev–Trinajstić information content (AvgIpc) is 2.94. The van der Waals surface area contributed by atoms with Gasteiger partial charge in [-0.15, -0.1) is 0 Å². The van der Waals surface area contributed by atoms with E-state index in [9.17, 15) is 4.79 Å². The van der Waals surface area contributed by atoms with Crippen LogP contribution in [0.25, 0.3) is 11.1 Å². The van der Waals surface area contributed by atoms with Crippen LogP contribution in [0.15, 0.2) is 40.8 Å². The molecular weight excluding hydrogens is 304 g/mol. The molecule has 0 radical (unpaired) electrons. The number of carbonyl (C=O) groups is 1. The van der Waals surface area contributed by atoms with E-state index in [1.165, 1.54) is 16.7 Å². The minimum atomic E-state index is -0.211. The van der Waals surface area contributed by atoms with Crippen LogP contribution in [0, 0.1) is 20.8 Å². The number of ether oxygens (including phenoxy) is 1.